The highest BCUT2D eigenvalue weighted by Gasteiger charge is 2.05. The lowest BCUT2D eigenvalue weighted by Crippen LogP contribution is -2.32. The molecule has 1 atom stereocenters. The molecule has 0 fully saturated rings. The molecule has 0 aromatic heterocycles. The Morgan fingerprint density at radius 1 is 1.36 bits per heavy atom. The van der Waals surface area contributed by atoms with Crippen molar-refractivity contribution in [1.29, 1.82) is 0 Å². The molecule has 0 rings (SSSR count). The first-order valence-electron chi connectivity index (χ1n) is 5.56. The second-order valence-corrected chi connectivity index (χ2v) is 4.13. The fourth-order valence-electron chi connectivity index (χ4n) is 1.34. The Labute approximate surface area is 92.4 Å². The van der Waals surface area contributed by atoms with Gasteiger partial charge in [-0.25, -0.2) is 0 Å². The average Bonchev–Trinajstić information content (AvgIpc) is 2.15. The van der Waals surface area contributed by atoms with E-state index < -0.39 is 0 Å². The zero-order chi connectivity index (χ0) is 10.8. The number of nitrogens with one attached hydrogen (secondary N) is 1. The fourth-order valence-corrected chi connectivity index (χ4v) is 1.49. The summed E-state index contributed by atoms with van der Waals surface area (Å²) < 4.78 is 0. The van der Waals surface area contributed by atoms with Gasteiger partial charge in [0.05, 0.1) is 0 Å². The van der Waals surface area contributed by atoms with Gasteiger partial charge in [-0.15, -0.1) is 11.6 Å². The number of halogens is 1. The largest absolute Gasteiger partial charge is 0.354 e. The van der Waals surface area contributed by atoms with Gasteiger partial charge >= 0.3 is 0 Å². The second-order valence-electron chi connectivity index (χ2n) is 3.76. The molecular formula is C11H22ClNO. The van der Waals surface area contributed by atoms with E-state index in [1.165, 1.54) is 0 Å². The highest BCUT2D eigenvalue weighted by molar-refractivity contribution is 6.17. The normalized spacial score (nSPS) is 12.5. The van der Waals surface area contributed by atoms with E-state index >= 15 is 0 Å². The summed E-state index contributed by atoms with van der Waals surface area (Å²) >= 11 is 5.57. The Kier molecular flexibility index (Phi) is 9.16. The van der Waals surface area contributed by atoms with E-state index in [0.29, 0.717) is 12.3 Å². The third-order valence-electron chi connectivity index (χ3n) is 2.19. The lowest BCUT2D eigenvalue weighted by molar-refractivity contribution is -0.121. The summed E-state index contributed by atoms with van der Waals surface area (Å²) in [5.74, 6) is 0.858. The number of carbonyl (C=O) groups is 1. The van der Waals surface area contributed by atoms with E-state index in [0.717, 1.165) is 32.1 Å². The number of alkyl halides is 1. The van der Waals surface area contributed by atoms with Crippen LogP contribution in [0.4, 0.5) is 0 Å². The van der Waals surface area contributed by atoms with Gasteiger partial charge in [0.2, 0.25) is 5.91 Å². The molecule has 14 heavy (non-hydrogen) atoms. The zero-order valence-corrected chi connectivity index (χ0v) is 10.1. The van der Waals surface area contributed by atoms with Crippen LogP contribution < -0.4 is 5.32 Å². The van der Waals surface area contributed by atoms with Crippen LogP contribution in [-0.4, -0.2) is 17.8 Å². The molecule has 0 aliphatic carbocycles. The van der Waals surface area contributed by atoms with Gasteiger partial charge in [-0.05, 0) is 26.2 Å². The molecule has 0 aliphatic rings. The number of hydrogen-bond donors (Lipinski definition) is 1. The molecule has 0 aromatic carbocycles. The van der Waals surface area contributed by atoms with E-state index in [2.05, 4.69) is 12.2 Å². The molecule has 1 amide bonds. The van der Waals surface area contributed by atoms with Crippen molar-refractivity contribution in [3.63, 3.8) is 0 Å². The van der Waals surface area contributed by atoms with Crippen molar-refractivity contribution in [3.8, 4) is 0 Å². The van der Waals surface area contributed by atoms with Gasteiger partial charge in [0.1, 0.15) is 0 Å². The van der Waals surface area contributed by atoms with Crippen LogP contribution in [0.5, 0.6) is 0 Å². The summed E-state index contributed by atoms with van der Waals surface area (Å²) in [6.45, 7) is 4.17. The summed E-state index contributed by atoms with van der Waals surface area (Å²) in [6, 6.07) is 0.267. The molecule has 0 aromatic rings. The van der Waals surface area contributed by atoms with E-state index in [1.54, 1.807) is 0 Å². The molecule has 1 N–H and O–H groups in total. The van der Waals surface area contributed by atoms with Crippen molar-refractivity contribution in [2.24, 2.45) is 0 Å². The van der Waals surface area contributed by atoms with Gasteiger partial charge in [-0.3, -0.25) is 4.79 Å². The van der Waals surface area contributed by atoms with Crippen LogP contribution in [0.1, 0.15) is 52.4 Å². The minimum Gasteiger partial charge on any atom is -0.354 e. The highest BCUT2D eigenvalue weighted by atomic mass is 35.5. The molecule has 0 heterocycles. The molecule has 1 unspecified atom stereocenters. The molecule has 0 spiro atoms. The number of rotatable bonds is 8. The Bertz CT molecular complexity index is 150. The van der Waals surface area contributed by atoms with Crippen molar-refractivity contribution in [2.45, 2.75) is 58.4 Å². The summed E-state index contributed by atoms with van der Waals surface area (Å²) in [6.07, 6.45) is 5.92. The molecule has 0 radical (unpaired) electrons. The maximum absolute atomic E-state index is 11.3. The van der Waals surface area contributed by atoms with Crippen LogP contribution in [0.2, 0.25) is 0 Å². The first kappa shape index (κ1) is 13.8. The number of hydrogen-bond acceptors (Lipinski definition) is 1. The van der Waals surface area contributed by atoms with E-state index in [1.807, 2.05) is 6.92 Å². The first-order valence-corrected chi connectivity index (χ1v) is 6.09. The summed E-state index contributed by atoms with van der Waals surface area (Å²) in [5, 5.41) is 2.98. The molecule has 0 saturated carbocycles. The van der Waals surface area contributed by atoms with Crippen molar-refractivity contribution in [1.82, 2.24) is 5.32 Å². The number of unbranched alkanes of at least 4 members (excludes halogenated alkanes) is 2. The van der Waals surface area contributed by atoms with Crippen LogP contribution in [0.3, 0.4) is 0 Å². The van der Waals surface area contributed by atoms with Gasteiger partial charge < -0.3 is 5.32 Å². The van der Waals surface area contributed by atoms with Crippen LogP contribution in [0, 0.1) is 0 Å². The molecular weight excluding hydrogens is 198 g/mol. The second kappa shape index (κ2) is 9.32. The lowest BCUT2D eigenvalue weighted by atomic mass is 10.1. The average molecular weight is 220 g/mol. The van der Waals surface area contributed by atoms with Gasteiger partial charge in [0, 0.05) is 18.3 Å². The van der Waals surface area contributed by atoms with Crippen LogP contribution in [0.15, 0.2) is 0 Å². The van der Waals surface area contributed by atoms with Gasteiger partial charge in [0.15, 0.2) is 0 Å². The number of amides is 1. The lowest BCUT2D eigenvalue weighted by Gasteiger charge is -2.12. The third kappa shape index (κ3) is 8.36. The van der Waals surface area contributed by atoms with Crippen molar-refractivity contribution in [2.75, 3.05) is 5.88 Å². The highest BCUT2D eigenvalue weighted by Crippen LogP contribution is 2.01. The predicted octanol–water partition coefficient (Wildman–Crippen LogP) is 3.09. The molecule has 0 aliphatic heterocycles. The van der Waals surface area contributed by atoms with Crippen LogP contribution in [0.25, 0.3) is 0 Å². The SMILES string of the molecule is CCCCCC(=O)NC(C)CCCCl. The van der Waals surface area contributed by atoms with E-state index in [9.17, 15) is 4.79 Å². The number of carbonyl (C=O) groups excluding carboxylic acids is 1. The summed E-state index contributed by atoms with van der Waals surface area (Å²) in [4.78, 5) is 11.3. The van der Waals surface area contributed by atoms with Crippen molar-refractivity contribution in [3.05, 3.63) is 0 Å². The summed E-state index contributed by atoms with van der Waals surface area (Å²) in [7, 11) is 0. The van der Waals surface area contributed by atoms with Crippen molar-refractivity contribution < 1.29 is 4.79 Å². The molecule has 0 bridgehead atoms. The minimum atomic E-state index is 0.181. The zero-order valence-electron chi connectivity index (χ0n) is 9.31. The molecule has 2 nitrogen and oxygen atoms in total. The smallest absolute Gasteiger partial charge is 0.220 e. The Morgan fingerprint density at radius 3 is 2.64 bits per heavy atom. The van der Waals surface area contributed by atoms with E-state index in [-0.39, 0.29) is 11.9 Å². The van der Waals surface area contributed by atoms with E-state index in [4.69, 9.17) is 11.6 Å². The fraction of sp³-hybridized carbons (Fsp3) is 0.909. The maximum Gasteiger partial charge on any atom is 0.220 e. The monoisotopic (exact) mass is 219 g/mol. The van der Waals surface area contributed by atoms with Gasteiger partial charge in [0.25, 0.3) is 0 Å². The predicted molar refractivity (Wildman–Crippen MR) is 61.7 cm³/mol. The Balaban J connectivity index is 3.40. The Hall–Kier alpha value is -0.240. The standard InChI is InChI=1S/C11H22ClNO/c1-3-4-5-8-11(14)13-10(2)7-6-9-12/h10H,3-9H2,1-2H3,(H,13,14). The van der Waals surface area contributed by atoms with Gasteiger partial charge in [-0.2, -0.15) is 0 Å². The third-order valence-corrected chi connectivity index (χ3v) is 2.45. The minimum absolute atomic E-state index is 0.181. The van der Waals surface area contributed by atoms with Gasteiger partial charge in [-0.1, -0.05) is 19.8 Å². The topological polar surface area (TPSA) is 29.1 Å². The Morgan fingerprint density at radius 2 is 2.07 bits per heavy atom. The molecule has 3 heteroatoms. The quantitative estimate of drug-likeness (QED) is 0.493. The maximum atomic E-state index is 11.3. The van der Waals surface area contributed by atoms with Crippen LogP contribution in [-0.2, 0) is 4.79 Å². The first-order chi connectivity index (χ1) is 6.70. The molecule has 84 valence electrons. The molecule has 0 saturated heterocycles. The van der Waals surface area contributed by atoms with Crippen LogP contribution >= 0.6 is 11.6 Å². The van der Waals surface area contributed by atoms with Crippen molar-refractivity contribution >= 4 is 17.5 Å². The summed E-state index contributed by atoms with van der Waals surface area (Å²) in [5.41, 5.74) is 0.